The third-order valence-corrected chi connectivity index (χ3v) is 2.77. The first-order valence-corrected chi connectivity index (χ1v) is 6.21. The van der Waals surface area contributed by atoms with Crippen LogP contribution in [0, 0.1) is 0 Å². The lowest BCUT2D eigenvalue weighted by molar-refractivity contribution is 0.180. The van der Waals surface area contributed by atoms with Crippen molar-refractivity contribution in [1.82, 2.24) is 5.32 Å². The third kappa shape index (κ3) is 6.16. The molecule has 0 radical (unpaired) electrons. The summed E-state index contributed by atoms with van der Waals surface area (Å²) < 4.78 is 5.92. The van der Waals surface area contributed by atoms with Gasteiger partial charge in [0.2, 0.25) is 0 Å². The normalized spacial score (nSPS) is 11.7. The minimum atomic E-state index is 0. The first-order valence-electron chi connectivity index (χ1n) is 5.83. The van der Waals surface area contributed by atoms with Crippen LogP contribution < -0.4 is 10.1 Å². The number of hydrogen-bond acceptors (Lipinski definition) is 2. The molecule has 1 aromatic carbocycles. The van der Waals surface area contributed by atoms with E-state index in [1.807, 2.05) is 31.3 Å². The molecule has 2 nitrogen and oxygen atoms in total. The number of benzene rings is 1. The summed E-state index contributed by atoms with van der Waals surface area (Å²) in [7, 11) is 1.96. The SMILES string of the molecule is CCC[C@H](CCNC)Oc1ccccc1Cl.Cl. The third-order valence-electron chi connectivity index (χ3n) is 2.46. The molecule has 17 heavy (non-hydrogen) atoms. The van der Waals surface area contributed by atoms with Gasteiger partial charge in [-0.3, -0.25) is 0 Å². The van der Waals surface area contributed by atoms with Crippen LogP contribution in [-0.4, -0.2) is 19.7 Å². The van der Waals surface area contributed by atoms with Crippen LogP contribution in [-0.2, 0) is 0 Å². The van der Waals surface area contributed by atoms with Crippen LogP contribution in [0.5, 0.6) is 5.75 Å². The van der Waals surface area contributed by atoms with Gasteiger partial charge in [0.1, 0.15) is 5.75 Å². The molecule has 0 heterocycles. The second-order valence-electron chi connectivity index (χ2n) is 3.85. The van der Waals surface area contributed by atoms with E-state index in [1.54, 1.807) is 0 Å². The van der Waals surface area contributed by atoms with Crippen LogP contribution in [0.3, 0.4) is 0 Å². The fourth-order valence-corrected chi connectivity index (χ4v) is 1.79. The van der Waals surface area contributed by atoms with Crippen LogP contribution in [0.15, 0.2) is 24.3 Å². The Morgan fingerprint density at radius 3 is 2.59 bits per heavy atom. The largest absolute Gasteiger partial charge is 0.489 e. The Hall–Kier alpha value is -0.440. The minimum Gasteiger partial charge on any atom is -0.489 e. The molecule has 0 aromatic heterocycles. The Balaban J connectivity index is 0.00000256. The van der Waals surface area contributed by atoms with Crippen molar-refractivity contribution >= 4 is 24.0 Å². The summed E-state index contributed by atoms with van der Waals surface area (Å²) in [4.78, 5) is 0. The van der Waals surface area contributed by atoms with Gasteiger partial charge in [-0.05, 0) is 38.6 Å². The highest BCUT2D eigenvalue weighted by atomic mass is 35.5. The van der Waals surface area contributed by atoms with E-state index in [1.165, 1.54) is 0 Å². The van der Waals surface area contributed by atoms with Crippen molar-refractivity contribution < 1.29 is 4.74 Å². The molecule has 0 saturated carbocycles. The maximum absolute atomic E-state index is 6.06. The molecule has 98 valence electrons. The van der Waals surface area contributed by atoms with Crippen LogP contribution >= 0.6 is 24.0 Å². The summed E-state index contributed by atoms with van der Waals surface area (Å²) in [6.07, 6.45) is 3.44. The summed E-state index contributed by atoms with van der Waals surface area (Å²) in [6, 6.07) is 7.64. The van der Waals surface area contributed by atoms with Gasteiger partial charge in [0.25, 0.3) is 0 Å². The number of ether oxygens (including phenoxy) is 1. The highest BCUT2D eigenvalue weighted by Gasteiger charge is 2.10. The quantitative estimate of drug-likeness (QED) is 0.816. The first kappa shape index (κ1) is 16.6. The number of para-hydroxylation sites is 1. The highest BCUT2D eigenvalue weighted by Crippen LogP contribution is 2.25. The van der Waals surface area contributed by atoms with E-state index in [-0.39, 0.29) is 18.5 Å². The molecule has 1 rings (SSSR count). The van der Waals surface area contributed by atoms with Crippen molar-refractivity contribution in [2.24, 2.45) is 0 Å². The summed E-state index contributed by atoms with van der Waals surface area (Å²) in [5.41, 5.74) is 0. The lowest BCUT2D eigenvalue weighted by atomic mass is 10.1. The average molecular weight is 278 g/mol. The number of nitrogens with one attached hydrogen (secondary N) is 1. The summed E-state index contributed by atoms with van der Waals surface area (Å²) >= 11 is 6.06. The van der Waals surface area contributed by atoms with Gasteiger partial charge in [0.15, 0.2) is 0 Å². The molecule has 0 unspecified atom stereocenters. The molecule has 4 heteroatoms. The average Bonchev–Trinajstić information content (AvgIpc) is 2.29. The second kappa shape index (κ2) is 9.58. The van der Waals surface area contributed by atoms with Crippen LogP contribution in [0.25, 0.3) is 0 Å². The van der Waals surface area contributed by atoms with Gasteiger partial charge in [-0.15, -0.1) is 12.4 Å². The number of hydrogen-bond donors (Lipinski definition) is 1. The van der Waals surface area contributed by atoms with Gasteiger partial charge in [-0.25, -0.2) is 0 Å². The van der Waals surface area contributed by atoms with E-state index < -0.39 is 0 Å². The minimum absolute atomic E-state index is 0. The highest BCUT2D eigenvalue weighted by molar-refractivity contribution is 6.32. The topological polar surface area (TPSA) is 21.3 Å². The fourth-order valence-electron chi connectivity index (χ4n) is 1.61. The van der Waals surface area contributed by atoms with Gasteiger partial charge in [0.05, 0.1) is 11.1 Å². The predicted octanol–water partition coefficient (Wildman–Crippen LogP) is 3.92. The van der Waals surface area contributed by atoms with Crippen molar-refractivity contribution in [3.63, 3.8) is 0 Å². The van der Waals surface area contributed by atoms with Gasteiger partial charge < -0.3 is 10.1 Å². The molecule has 1 atom stereocenters. The lowest BCUT2D eigenvalue weighted by Crippen LogP contribution is -2.22. The second-order valence-corrected chi connectivity index (χ2v) is 4.26. The van der Waals surface area contributed by atoms with Crippen LogP contribution in [0.1, 0.15) is 26.2 Å². The van der Waals surface area contributed by atoms with E-state index in [2.05, 4.69) is 12.2 Å². The van der Waals surface area contributed by atoms with Crippen molar-refractivity contribution in [2.75, 3.05) is 13.6 Å². The molecule has 0 aliphatic rings. The molecular formula is C13H21Cl2NO. The molecule has 0 aliphatic carbocycles. The zero-order chi connectivity index (χ0) is 11.8. The molecule has 0 spiro atoms. The Morgan fingerprint density at radius 1 is 1.29 bits per heavy atom. The number of rotatable bonds is 7. The standard InChI is InChI=1S/C13H20ClNO.ClH/c1-3-6-11(9-10-15-2)16-13-8-5-4-7-12(13)14;/h4-5,7-8,11,15H,3,6,9-10H2,1-2H3;1H/t11-;/m1./s1. The van der Waals surface area contributed by atoms with Crippen LogP contribution in [0.2, 0.25) is 5.02 Å². The molecule has 0 bridgehead atoms. The zero-order valence-corrected chi connectivity index (χ0v) is 12.0. The molecule has 0 aliphatic heterocycles. The Kier molecular flexibility index (Phi) is 9.33. The van der Waals surface area contributed by atoms with E-state index >= 15 is 0 Å². The predicted molar refractivity (Wildman–Crippen MR) is 76.6 cm³/mol. The van der Waals surface area contributed by atoms with Crippen LogP contribution in [0.4, 0.5) is 0 Å². The fraction of sp³-hybridized carbons (Fsp3) is 0.538. The van der Waals surface area contributed by atoms with Crippen molar-refractivity contribution in [3.05, 3.63) is 29.3 Å². The molecule has 1 aromatic rings. The summed E-state index contributed by atoms with van der Waals surface area (Å²) in [5.74, 6) is 0.790. The summed E-state index contributed by atoms with van der Waals surface area (Å²) in [5, 5.41) is 3.83. The van der Waals surface area contributed by atoms with Gasteiger partial charge in [0, 0.05) is 0 Å². The smallest absolute Gasteiger partial charge is 0.138 e. The zero-order valence-electron chi connectivity index (χ0n) is 10.4. The Bertz CT molecular complexity index is 307. The van der Waals surface area contributed by atoms with Gasteiger partial charge in [-0.1, -0.05) is 37.1 Å². The number of halogens is 2. The van der Waals surface area contributed by atoms with Crippen molar-refractivity contribution in [2.45, 2.75) is 32.3 Å². The molecule has 1 N–H and O–H groups in total. The Morgan fingerprint density at radius 2 is 2.00 bits per heavy atom. The maximum atomic E-state index is 6.06. The van der Waals surface area contributed by atoms with E-state index in [0.717, 1.165) is 31.6 Å². The molecule has 0 fully saturated rings. The molecule has 0 saturated heterocycles. The molecule has 0 amide bonds. The van der Waals surface area contributed by atoms with E-state index in [9.17, 15) is 0 Å². The maximum Gasteiger partial charge on any atom is 0.138 e. The van der Waals surface area contributed by atoms with E-state index in [4.69, 9.17) is 16.3 Å². The summed E-state index contributed by atoms with van der Waals surface area (Å²) in [6.45, 7) is 3.14. The van der Waals surface area contributed by atoms with Gasteiger partial charge >= 0.3 is 0 Å². The monoisotopic (exact) mass is 277 g/mol. The molecular weight excluding hydrogens is 257 g/mol. The van der Waals surface area contributed by atoms with Gasteiger partial charge in [-0.2, -0.15) is 0 Å². The van der Waals surface area contributed by atoms with E-state index in [0.29, 0.717) is 5.02 Å². The van der Waals surface area contributed by atoms with Crippen molar-refractivity contribution in [3.8, 4) is 5.75 Å². The lowest BCUT2D eigenvalue weighted by Gasteiger charge is -2.19. The Labute approximate surface area is 115 Å². The first-order chi connectivity index (χ1) is 7.77. The van der Waals surface area contributed by atoms with Crippen molar-refractivity contribution in [1.29, 1.82) is 0 Å².